The minimum atomic E-state index is 0.936. The van der Waals surface area contributed by atoms with Crippen LogP contribution in [0.1, 0.15) is 11.1 Å². The molecule has 1 heteroatoms. The third-order valence-corrected chi connectivity index (χ3v) is 7.41. The number of rotatable bonds is 2. The molecular weight excluding hydrogens is 424 g/mol. The Balaban J connectivity index is 1.82. The van der Waals surface area contributed by atoms with Crippen molar-refractivity contribution in [1.82, 2.24) is 0 Å². The summed E-state index contributed by atoms with van der Waals surface area (Å²) < 4.78 is 6.53. The highest BCUT2D eigenvalue weighted by atomic mass is 16.3. The molecule has 1 aromatic heterocycles. The molecule has 1 heterocycles. The van der Waals surface area contributed by atoms with Crippen LogP contribution in [-0.2, 0) is 0 Å². The van der Waals surface area contributed by atoms with Gasteiger partial charge in [-0.3, -0.25) is 0 Å². The maximum atomic E-state index is 6.53. The Kier molecular flexibility index (Phi) is 4.34. The van der Waals surface area contributed by atoms with E-state index in [1.165, 1.54) is 65.7 Å². The van der Waals surface area contributed by atoms with Crippen molar-refractivity contribution >= 4 is 43.5 Å². The minimum Gasteiger partial charge on any atom is -0.455 e. The van der Waals surface area contributed by atoms with Gasteiger partial charge in [0.2, 0.25) is 0 Å². The van der Waals surface area contributed by atoms with E-state index in [0.29, 0.717) is 0 Å². The van der Waals surface area contributed by atoms with Crippen LogP contribution in [0.15, 0.2) is 114 Å². The molecule has 6 aromatic carbocycles. The van der Waals surface area contributed by atoms with Crippen LogP contribution in [-0.4, -0.2) is 0 Å². The van der Waals surface area contributed by atoms with Crippen LogP contribution in [0.3, 0.4) is 0 Å². The van der Waals surface area contributed by atoms with E-state index in [1.54, 1.807) is 0 Å². The van der Waals surface area contributed by atoms with Gasteiger partial charge in [-0.25, -0.2) is 0 Å². The van der Waals surface area contributed by atoms with Crippen LogP contribution >= 0.6 is 0 Å². The summed E-state index contributed by atoms with van der Waals surface area (Å²) in [6, 6.07) is 38.7. The van der Waals surface area contributed by atoms with Crippen molar-refractivity contribution < 1.29 is 4.42 Å². The Morgan fingerprint density at radius 1 is 0.429 bits per heavy atom. The van der Waals surface area contributed by atoms with Gasteiger partial charge in [0.05, 0.1) is 0 Å². The average Bonchev–Trinajstić information content (AvgIpc) is 3.31. The van der Waals surface area contributed by atoms with Gasteiger partial charge in [-0.05, 0) is 69.5 Å². The molecular formula is C34H24O. The van der Waals surface area contributed by atoms with E-state index in [1.807, 2.05) is 0 Å². The molecule has 7 rings (SSSR count). The lowest BCUT2D eigenvalue weighted by atomic mass is 9.81. The van der Waals surface area contributed by atoms with Crippen molar-refractivity contribution in [2.45, 2.75) is 13.8 Å². The van der Waals surface area contributed by atoms with E-state index in [0.717, 1.165) is 11.2 Å². The minimum absolute atomic E-state index is 0.936. The summed E-state index contributed by atoms with van der Waals surface area (Å²) in [5.41, 5.74) is 9.59. The third kappa shape index (κ3) is 2.82. The van der Waals surface area contributed by atoms with Crippen LogP contribution in [0.25, 0.3) is 65.7 Å². The third-order valence-electron chi connectivity index (χ3n) is 7.41. The van der Waals surface area contributed by atoms with Gasteiger partial charge in [0.15, 0.2) is 0 Å². The highest BCUT2D eigenvalue weighted by Crippen LogP contribution is 2.49. The Hall–Kier alpha value is -4.36. The summed E-state index contributed by atoms with van der Waals surface area (Å²) in [6.07, 6.45) is 0. The summed E-state index contributed by atoms with van der Waals surface area (Å²) in [4.78, 5) is 0. The molecule has 0 bridgehead atoms. The predicted molar refractivity (Wildman–Crippen MR) is 149 cm³/mol. The number of hydrogen-bond acceptors (Lipinski definition) is 1. The van der Waals surface area contributed by atoms with Gasteiger partial charge in [-0.2, -0.15) is 0 Å². The fourth-order valence-electron chi connectivity index (χ4n) is 5.96. The zero-order chi connectivity index (χ0) is 23.5. The monoisotopic (exact) mass is 448 g/mol. The SMILES string of the molecule is Cc1c(-c2ccccc2)c(-c2ccccc2)c(C)c2c1c1ccccc1c1oc3ccccc3c12. The van der Waals surface area contributed by atoms with Gasteiger partial charge in [-0.15, -0.1) is 0 Å². The zero-order valence-electron chi connectivity index (χ0n) is 19.8. The quantitative estimate of drug-likeness (QED) is 0.240. The van der Waals surface area contributed by atoms with Gasteiger partial charge in [-0.1, -0.05) is 103 Å². The molecule has 0 saturated carbocycles. The molecule has 166 valence electrons. The number of para-hydroxylation sites is 1. The summed E-state index contributed by atoms with van der Waals surface area (Å²) >= 11 is 0. The molecule has 0 aliphatic heterocycles. The van der Waals surface area contributed by atoms with Gasteiger partial charge in [0.25, 0.3) is 0 Å². The Morgan fingerprint density at radius 2 is 0.914 bits per heavy atom. The van der Waals surface area contributed by atoms with E-state index >= 15 is 0 Å². The molecule has 7 aromatic rings. The van der Waals surface area contributed by atoms with Crippen molar-refractivity contribution in [2.24, 2.45) is 0 Å². The van der Waals surface area contributed by atoms with Crippen LogP contribution in [0.5, 0.6) is 0 Å². The van der Waals surface area contributed by atoms with Gasteiger partial charge < -0.3 is 4.42 Å². The van der Waals surface area contributed by atoms with Crippen molar-refractivity contribution in [3.05, 3.63) is 120 Å². The lowest BCUT2D eigenvalue weighted by molar-refractivity contribution is 0.673. The fraction of sp³-hybridized carbons (Fsp3) is 0.0588. The first-order valence-electron chi connectivity index (χ1n) is 12.1. The topological polar surface area (TPSA) is 13.1 Å². The molecule has 0 fully saturated rings. The molecule has 0 atom stereocenters. The van der Waals surface area contributed by atoms with E-state index in [2.05, 4.69) is 123 Å². The molecule has 0 aliphatic rings. The average molecular weight is 449 g/mol. The zero-order valence-corrected chi connectivity index (χ0v) is 19.8. The standard InChI is InChI=1S/C34H24O/c1-21-29(23-13-5-3-6-14-23)30(24-15-7-4-8-16-24)22(2)32-31(21)25-17-9-10-18-26(25)34-33(32)27-19-11-12-20-28(27)35-34/h3-20H,1-2H3. The van der Waals surface area contributed by atoms with Crippen molar-refractivity contribution in [3.8, 4) is 22.3 Å². The first kappa shape index (κ1) is 20.1. The van der Waals surface area contributed by atoms with Crippen LogP contribution in [0, 0.1) is 13.8 Å². The van der Waals surface area contributed by atoms with E-state index in [4.69, 9.17) is 4.42 Å². The highest BCUT2D eigenvalue weighted by Gasteiger charge is 2.23. The maximum Gasteiger partial charge on any atom is 0.143 e. The highest BCUT2D eigenvalue weighted by molar-refractivity contribution is 6.33. The number of fused-ring (bicyclic) bond motifs is 8. The number of hydrogen-bond donors (Lipinski definition) is 0. The summed E-state index contributed by atoms with van der Waals surface area (Å²) in [7, 11) is 0. The number of benzene rings is 6. The lowest BCUT2D eigenvalue weighted by Gasteiger charge is -2.22. The Morgan fingerprint density at radius 3 is 1.54 bits per heavy atom. The maximum absolute atomic E-state index is 6.53. The van der Waals surface area contributed by atoms with Crippen LogP contribution in [0.4, 0.5) is 0 Å². The van der Waals surface area contributed by atoms with Gasteiger partial charge in [0, 0.05) is 16.2 Å². The van der Waals surface area contributed by atoms with E-state index < -0.39 is 0 Å². The second-order valence-corrected chi connectivity index (χ2v) is 9.33. The predicted octanol–water partition coefficient (Wildman–Crippen LogP) is 9.84. The Bertz CT molecular complexity index is 1890. The summed E-state index contributed by atoms with van der Waals surface area (Å²) in [5.74, 6) is 0. The van der Waals surface area contributed by atoms with Gasteiger partial charge in [0.1, 0.15) is 11.2 Å². The summed E-state index contributed by atoms with van der Waals surface area (Å²) in [6.45, 7) is 4.57. The van der Waals surface area contributed by atoms with Crippen molar-refractivity contribution in [3.63, 3.8) is 0 Å². The second kappa shape index (κ2) is 7.58. The molecule has 0 radical (unpaired) electrons. The fourth-order valence-corrected chi connectivity index (χ4v) is 5.96. The van der Waals surface area contributed by atoms with E-state index in [-0.39, 0.29) is 0 Å². The lowest BCUT2D eigenvalue weighted by Crippen LogP contribution is -1.97. The molecule has 0 aliphatic carbocycles. The largest absolute Gasteiger partial charge is 0.455 e. The van der Waals surface area contributed by atoms with Crippen LogP contribution in [0.2, 0.25) is 0 Å². The molecule has 1 nitrogen and oxygen atoms in total. The van der Waals surface area contributed by atoms with Crippen molar-refractivity contribution in [2.75, 3.05) is 0 Å². The number of furan rings is 1. The smallest absolute Gasteiger partial charge is 0.143 e. The second-order valence-electron chi connectivity index (χ2n) is 9.33. The van der Waals surface area contributed by atoms with E-state index in [9.17, 15) is 0 Å². The molecule has 0 N–H and O–H groups in total. The molecule has 0 amide bonds. The van der Waals surface area contributed by atoms with Crippen molar-refractivity contribution in [1.29, 1.82) is 0 Å². The molecule has 35 heavy (non-hydrogen) atoms. The first-order valence-corrected chi connectivity index (χ1v) is 12.1. The first-order chi connectivity index (χ1) is 17.2. The molecule has 0 saturated heterocycles. The molecule has 0 unspecified atom stereocenters. The Labute approximate surface area is 204 Å². The molecule has 0 spiro atoms. The van der Waals surface area contributed by atoms with Crippen LogP contribution < -0.4 is 0 Å². The van der Waals surface area contributed by atoms with Gasteiger partial charge >= 0.3 is 0 Å². The normalized spacial score (nSPS) is 11.7. The number of aryl methyl sites for hydroxylation is 2. The summed E-state index contributed by atoms with van der Waals surface area (Å²) in [5, 5.41) is 7.40.